The van der Waals surface area contributed by atoms with E-state index in [2.05, 4.69) is 6.92 Å². The lowest BCUT2D eigenvalue weighted by Crippen LogP contribution is -2.28. The highest BCUT2D eigenvalue weighted by Crippen LogP contribution is 2.32. The Balaban J connectivity index is 2.11. The van der Waals surface area contributed by atoms with E-state index in [1.54, 1.807) is 0 Å². The molecule has 2 nitrogen and oxygen atoms in total. The van der Waals surface area contributed by atoms with Gasteiger partial charge in [0, 0.05) is 5.75 Å². The van der Waals surface area contributed by atoms with E-state index < -0.39 is 0 Å². The van der Waals surface area contributed by atoms with Crippen LogP contribution in [0, 0.1) is 5.92 Å². The predicted octanol–water partition coefficient (Wildman–Crippen LogP) is 1.62. The molecule has 1 saturated carbocycles. The van der Waals surface area contributed by atoms with Crippen LogP contribution in [0.4, 0.5) is 0 Å². The first-order chi connectivity index (χ1) is 6.16. The average Bonchev–Trinajstić information content (AvgIpc) is 2.52. The normalized spacial score (nSPS) is 23.3. The van der Waals surface area contributed by atoms with Crippen LogP contribution >= 0.6 is 11.8 Å². The first-order valence-electron chi connectivity index (χ1n) is 5.16. The van der Waals surface area contributed by atoms with Gasteiger partial charge in [-0.2, -0.15) is 11.8 Å². The number of rotatable bonds is 5. The van der Waals surface area contributed by atoms with Crippen LogP contribution in [0.3, 0.4) is 0 Å². The topological polar surface area (TPSA) is 46.2 Å². The van der Waals surface area contributed by atoms with Crippen molar-refractivity contribution >= 4 is 11.8 Å². The zero-order valence-corrected chi connectivity index (χ0v) is 9.28. The summed E-state index contributed by atoms with van der Waals surface area (Å²) < 4.78 is 0. The summed E-state index contributed by atoms with van der Waals surface area (Å²) in [5.74, 6) is 2.56. The fraction of sp³-hybridized carbons (Fsp3) is 1.00. The third-order valence-corrected chi connectivity index (χ3v) is 4.26. The molecule has 1 fully saturated rings. The molecule has 0 spiro atoms. The Hall–Kier alpha value is 0.270. The summed E-state index contributed by atoms with van der Waals surface area (Å²) in [6, 6.07) is 0. The molecular weight excluding hydrogens is 182 g/mol. The van der Waals surface area contributed by atoms with Crippen molar-refractivity contribution in [3.05, 3.63) is 0 Å². The fourth-order valence-corrected chi connectivity index (χ4v) is 3.02. The number of thioether (sulfide) groups is 1. The van der Waals surface area contributed by atoms with Crippen molar-refractivity contribution in [2.24, 2.45) is 11.7 Å². The van der Waals surface area contributed by atoms with Crippen molar-refractivity contribution in [2.75, 3.05) is 18.1 Å². The van der Waals surface area contributed by atoms with Gasteiger partial charge in [-0.05, 0) is 31.1 Å². The Morgan fingerprint density at radius 2 is 2.08 bits per heavy atom. The van der Waals surface area contributed by atoms with Crippen LogP contribution in [0.2, 0.25) is 0 Å². The Labute approximate surface area is 85.3 Å². The first kappa shape index (κ1) is 11.3. The molecule has 1 aliphatic rings. The lowest BCUT2D eigenvalue weighted by atomic mass is 10.1. The largest absolute Gasteiger partial charge is 0.389 e. The minimum absolute atomic E-state index is 0.348. The molecule has 0 amide bonds. The Bertz CT molecular complexity index is 146. The van der Waals surface area contributed by atoms with Gasteiger partial charge >= 0.3 is 0 Å². The van der Waals surface area contributed by atoms with Crippen LogP contribution in [0.15, 0.2) is 0 Å². The molecule has 78 valence electrons. The highest BCUT2D eigenvalue weighted by atomic mass is 32.2. The lowest BCUT2D eigenvalue weighted by molar-refractivity contribution is 0.0732. The molecular formula is C10H21NOS. The summed E-state index contributed by atoms with van der Waals surface area (Å²) in [5, 5.41) is 10.0. The quantitative estimate of drug-likeness (QED) is 0.714. The van der Waals surface area contributed by atoms with Crippen molar-refractivity contribution in [3.63, 3.8) is 0 Å². The molecule has 0 aliphatic heterocycles. The summed E-state index contributed by atoms with van der Waals surface area (Å²) in [6.07, 6.45) is 4.39. The summed E-state index contributed by atoms with van der Waals surface area (Å²) in [4.78, 5) is 0. The van der Waals surface area contributed by atoms with Crippen LogP contribution in [0.25, 0.3) is 0 Å². The van der Waals surface area contributed by atoms with E-state index in [-0.39, 0.29) is 5.60 Å². The maximum absolute atomic E-state index is 10.0. The molecule has 0 heterocycles. The standard InChI is InChI=1S/C10H21NOS/c1-9(6-11)7-13-8-10(12)4-2-3-5-10/h9,12H,2-8,11H2,1H3. The predicted molar refractivity (Wildman–Crippen MR) is 59.0 cm³/mol. The molecule has 1 rings (SSSR count). The van der Waals surface area contributed by atoms with Gasteiger partial charge in [-0.15, -0.1) is 0 Å². The van der Waals surface area contributed by atoms with Crippen LogP contribution in [0.5, 0.6) is 0 Å². The van der Waals surface area contributed by atoms with Gasteiger partial charge in [-0.25, -0.2) is 0 Å². The van der Waals surface area contributed by atoms with Gasteiger partial charge in [-0.1, -0.05) is 19.8 Å². The van der Waals surface area contributed by atoms with Crippen LogP contribution in [0.1, 0.15) is 32.6 Å². The number of aliphatic hydroxyl groups is 1. The van der Waals surface area contributed by atoms with Gasteiger partial charge < -0.3 is 10.8 Å². The summed E-state index contributed by atoms with van der Waals surface area (Å²) in [7, 11) is 0. The summed E-state index contributed by atoms with van der Waals surface area (Å²) in [6.45, 7) is 2.91. The molecule has 13 heavy (non-hydrogen) atoms. The molecule has 0 aromatic heterocycles. The molecule has 1 aliphatic carbocycles. The van der Waals surface area contributed by atoms with E-state index in [1.807, 2.05) is 11.8 Å². The monoisotopic (exact) mass is 203 g/mol. The average molecular weight is 203 g/mol. The van der Waals surface area contributed by atoms with Gasteiger partial charge in [0.15, 0.2) is 0 Å². The Morgan fingerprint density at radius 3 is 2.62 bits per heavy atom. The van der Waals surface area contributed by atoms with Crippen molar-refractivity contribution in [1.82, 2.24) is 0 Å². The van der Waals surface area contributed by atoms with E-state index in [0.29, 0.717) is 5.92 Å². The van der Waals surface area contributed by atoms with Gasteiger partial charge in [0.25, 0.3) is 0 Å². The second kappa shape index (κ2) is 5.23. The van der Waals surface area contributed by atoms with Crippen LogP contribution in [-0.2, 0) is 0 Å². The second-order valence-electron chi connectivity index (χ2n) is 4.29. The second-order valence-corrected chi connectivity index (χ2v) is 5.32. The highest BCUT2D eigenvalue weighted by molar-refractivity contribution is 7.99. The summed E-state index contributed by atoms with van der Waals surface area (Å²) >= 11 is 1.85. The van der Waals surface area contributed by atoms with Crippen molar-refractivity contribution in [2.45, 2.75) is 38.2 Å². The van der Waals surface area contributed by atoms with E-state index in [4.69, 9.17) is 5.73 Å². The summed E-state index contributed by atoms with van der Waals surface area (Å²) in [5.41, 5.74) is 5.18. The molecule has 0 bridgehead atoms. The number of nitrogens with two attached hydrogens (primary N) is 1. The smallest absolute Gasteiger partial charge is 0.0737 e. The zero-order chi connectivity index (χ0) is 9.73. The molecule has 1 atom stereocenters. The SMILES string of the molecule is CC(CN)CSCC1(O)CCCC1. The maximum atomic E-state index is 10.0. The molecule has 1 unspecified atom stereocenters. The van der Waals surface area contributed by atoms with E-state index in [0.717, 1.165) is 30.9 Å². The maximum Gasteiger partial charge on any atom is 0.0737 e. The number of hydrogen-bond acceptors (Lipinski definition) is 3. The van der Waals surface area contributed by atoms with Gasteiger partial charge in [0.1, 0.15) is 0 Å². The van der Waals surface area contributed by atoms with E-state index in [1.165, 1.54) is 12.8 Å². The third kappa shape index (κ3) is 3.88. The van der Waals surface area contributed by atoms with Crippen molar-refractivity contribution in [1.29, 1.82) is 0 Å². The van der Waals surface area contributed by atoms with Crippen molar-refractivity contribution in [3.8, 4) is 0 Å². The minimum atomic E-state index is -0.348. The third-order valence-electron chi connectivity index (χ3n) is 2.71. The van der Waals surface area contributed by atoms with Gasteiger partial charge in [-0.3, -0.25) is 0 Å². The van der Waals surface area contributed by atoms with Crippen LogP contribution in [-0.4, -0.2) is 28.8 Å². The Morgan fingerprint density at radius 1 is 1.46 bits per heavy atom. The van der Waals surface area contributed by atoms with Gasteiger partial charge in [0.05, 0.1) is 5.60 Å². The van der Waals surface area contributed by atoms with Crippen LogP contribution < -0.4 is 5.73 Å². The zero-order valence-electron chi connectivity index (χ0n) is 8.46. The number of hydrogen-bond donors (Lipinski definition) is 2. The molecule has 3 N–H and O–H groups in total. The molecule has 0 radical (unpaired) electrons. The minimum Gasteiger partial charge on any atom is -0.389 e. The van der Waals surface area contributed by atoms with E-state index in [9.17, 15) is 5.11 Å². The molecule has 0 aromatic rings. The highest BCUT2D eigenvalue weighted by Gasteiger charge is 2.30. The van der Waals surface area contributed by atoms with E-state index >= 15 is 0 Å². The Kier molecular flexibility index (Phi) is 4.56. The van der Waals surface area contributed by atoms with Crippen molar-refractivity contribution < 1.29 is 5.11 Å². The molecule has 0 saturated heterocycles. The lowest BCUT2D eigenvalue weighted by Gasteiger charge is -2.22. The molecule has 0 aromatic carbocycles. The van der Waals surface area contributed by atoms with Gasteiger partial charge in [0.2, 0.25) is 0 Å². The fourth-order valence-electron chi connectivity index (χ4n) is 1.70. The molecule has 3 heteroatoms. The first-order valence-corrected chi connectivity index (χ1v) is 6.32.